The first-order valence-corrected chi connectivity index (χ1v) is 8.08. The Morgan fingerprint density at radius 1 is 1.15 bits per heavy atom. The van der Waals surface area contributed by atoms with E-state index in [9.17, 15) is 0 Å². The average Bonchev–Trinajstić information content (AvgIpc) is 2.44. The third-order valence-electron chi connectivity index (χ3n) is 2.84. The van der Waals surface area contributed by atoms with E-state index in [1.807, 2.05) is 42.5 Å². The summed E-state index contributed by atoms with van der Waals surface area (Å²) >= 11 is 8.55. The highest BCUT2D eigenvalue weighted by Gasteiger charge is 2.10. The van der Waals surface area contributed by atoms with Crippen molar-refractivity contribution in [3.8, 4) is 11.5 Å². The Balaban J connectivity index is 2.23. The molecule has 0 aliphatic carbocycles. The van der Waals surface area contributed by atoms with Gasteiger partial charge in [-0.15, -0.1) is 0 Å². The fraction of sp³-hybridized carbons (Fsp3) is 0.250. The molecular weight excluding hydrogens is 385 g/mol. The van der Waals surface area contributed by atoms with Crippen LogP contribution in [0.2, 0.25) is 5.02 Å². The maximum Gasteiger partial charge on any atom is 0.150 e. The second kappa shape index (κ2) is 7.86. The maximum absolute atomic E-state index is 6.29. The Bertz CT molecular complexity index is 574. The standard InChI is InChI=1S/C16H17ClINO/c1-2-10-19-11-12-6-5-7-13(17)16(12)20-15-9-4-3-8-14(15)18/h3-9,19H,2,10-11H2,1H3. The molecule has 0 spiro atoms. The van der Waals surface area contributed by atoms with Gasteiger partial charge in [-0.1, -0.05) is 42.8 Å². The van der Waals surface area contributed by atoms with Gasteiger partial charge in [-0.05, 0) is 53.8 Å². The van der Waals surface area contributed by atoms with E-state index in [2.05, 4.69) is 34.8 Å². The van der Waals surface area contributed by atoms with Crippen molar-refractivity contribution in [2.75, 3.05) is 6.54 Å². The van der Waals surface area contributed by atoms with Crippen LogP contribution in [0, 0.1) is 3.57 Å². The summed E-state index contributed by atoms with van der Waals surface area (Å²) < 4.78 is 7.09. The maximum atomic E-state index is 6.29. The molecule has 0 radical (unpaired) electrons. The zero-order chi connectivity index (χ0) is 14.4. The number of benzene rings is 2. The molecule has 2 nitrogen and oxygen atoms in total. The van der Waals surface area contributed by atoms with E-state index in [1.165, 1.54) is 0 Å². The topological polar surface area (TPSA) is 21.3 Å². The molecule has 0 bridgehead atoms. The Morgan fingerprint density at radius 2 is 1.95 bits per heavy atom. The van der Waals surface area contributed by atoms with Crippen LogP contribution in [-0.4, -0.2) is 6.54 Å². The van der Waals surface area contributed by atoms with Crippen molar-refractivity contribution in [1.29, 1.82) is 0 Å². The van der Waals surface area contributed by atoms with E-state index >= 15 is 0 Å². The molecule has 2 rings (SSSR count). The molecule has 4 heteroatoms. The van der Waals surface area contributed by atoms with Crippen LogP contribution in [0.4, 0.5) is 0 Å². The SMILES string of the molecule is CCCNCc1cccc(Cl)c1Oc1ccccc1I. The number of halogens is 2. The van der Waals surface area contributed by atoms with Crippen LogP contribution in [0.3, 0.4) is 0 Å². The monoisotopic (exact) mass is 401 g/mol. The minimum absolute atomic E-state index is 0.639. The zero-order valence-electron chi connectivity index (χ0n) is 11.3. The van der Waals surface area contributed by atoms with Gasteiger partial charge in [-0.3, -0.25) is 0 Å². The van der Waals surface area contributed by atoms with Crippen LogP contribution in [0.15, 0.2) is 42.5 Å². The van der Waals surface area contributed by atoms with Crippen molar-refractivity contribution in [2.24, 2.45) is 0 Å². The highest BCUT2D eigenvalue weighted by molar-refractivity contribution is 14.1. The van der Waals surface area contributed by atoms with E-state index in [-0.39, 0.29) is 0 Å². The van der Waals surface area contributed by atoms with Crippen molar-refractivity contribution in [1.82, 2.24) is 5.32 Å². The predicted octanol–water partition coefficient (Wildman–Crippen LogP) is 5.24. The number of rotatable bonds is 6. The molecule has 2 aromatic rings. The molecular formula is C16H17ClINO. The van der Waals surface area contributed by atoms with Gasteiger partial charge in [-0.2, -0.15) is 0 Å². The smallest absolute Gasteiger partial charge is 0.150 e. The van der Waals surface area contributed by atoms with Crippen LogP contribution in [0.5, 0.6) is 11.5 Å². The fourth-order valence-corrected chi connectivity index (χ4v) is 2.57. The Labute approximate surface area is 138 Å². The van der Waals surface area contributed by atoms with Crippen molar-refractivity contribution in [2.45, 2.75) is 19.9 Å². The molecule has 1 N–H and O–H groups in total. The summed E-state index contributed by atoms with van der Waals surface area (Å²) in [5.41, 5.74) is 1.07. The molecule has 0 aliphatic heterocycles. The van der Waals surface area contributed by atoms with Crippen molar-refractivity contribution in [3.05, 3.63) is 56.6 Å². The summed E-state index contributed by atoms with van der Waals surface area (Å²) in [5.74, 6) is 1.57. The van der Waals surface area contributed by atoms with Gasteiger partial charge in [-0.25, -0.2) is 0 Å². The summed E-state index contributed by atoms with van der Waals surface area (Å²) in [4.78, 5) is 0. The second-order valence-corrected chi connectivity index (χ2v) is 6.01. The van der Waals surface area contributed by atoms with Crippen LogP contribution in [0.25, 0.3) is 0 Å². The van der Waals surface area contributed by atoms with Gasteiger partial charge in [0.05, 0.1) is 8.59 Å². The number of ether oxygens (including phenoxy) is 1. The van der Waals surface area contributed by atoms with Gasteiger partial charge in [0.2, 0.25) is 0 Å². The highest BCUT2D eigenvalue weighted by Crippen LogP contribution is 2.34. The summed E-state index contributed by atoms with van der Waals surface area (Å²) in [6, 6.07) is 13.8. The molecule has 0 fully saturated rings. The van der Waals surface area contributed by atoms with E-state index in [0.29, 0.717) is 5.02 Å². The lowest BCUT2D eigenvalue weighted by Gasteiger charge is -2.14. The third kappa shape index (κ3) is 4.11. The van der Waals surface area contributed by atoms with Gasteiger partial charge in [0, 0.05) is 12.1 Å². The van der Waals surface area contributed by atoms with Gasteiger partial charge in [0.1, 0.15) is 5.75 Å². The largest absolute Gasteiger partial charge is 0.454 e. The van der Waals surface area contributed by atoms with Crippen molar-refractivity contribution in [3.63, 3.8) is 0 Å². The number of nitrogens with one attached hydrogen (secondary N) is 1. The predicted molar refractivity (Wildman–Crippen MR) is 92.7 cm³/mol. The molecule has 0 aromatic heterocycles. The second-order valence-electron chi connectivity index (χ2n) is 4.44. The number of hydrogen-bond acceptors (Lipinski definition) is 2. The molecule has 2 aromatic carbocycles. The van der Waals surface area contributed by atoms with Crippen LogP contribution >= 0.6 is 34.2 Å². The van der Waals surface area contributed by atoms with E-state index in [4.69, 9.17) is 16.3 Å². The quantitative estimate of drug-likeness (QED) is 0.528. The summed E-state index contributed by atoms with van der Waals surface area (Å²) in [6.07, 6.45) is 1.10. The normalized spacial score (nSPS) is 10.6. The first kappa shape index (κ1) is 15.6. The minimum atomic E-state index is 0.639. The lowest BCUT2D eigenvalue weighted by atomic mass is 10.2. The fourth-order valence-electron chi connectivity index (χ4n) is 1.84. The molecule has 106 valence electrons. The molecule has 0 saturated carbocycles. The van der Waals surface area contributed by atoms with E-state index < -0.39 is 0 Å². The number of hydrogen-bond donors (Lipinski definition) is 1. The first-order chi connectivity index (χ1) is 9.72. The molecule has 0 heterocycles. The molecule has 0 amide bonds. The van der Waals surface area contributed by atoms with Crippen LogP contribution in [-0.2, 0) is 6.54 Å². The van der Waals surface area contributed by atoms with Gasteiger partial charge >= 0.3 is 0 Å². The Morgan fingerprint density at radius 3 is 2.70 bits per heavy atom. The molecule has 0 aliphatic rings. The lowest BCUT2D eigenvalue weighted by Crippen LogP contribution is -2.14. The highest BCUT2D eigenvalue weighted by atomic mass is 127. The Hall–Kier alpha value is -0.780. The van der Waals surface area contributed by atoms with E-state index in [0.717, 1.165) is 40.1 Å². The molecule has 0 saturated heterocycles. The summed E-state index contributed by atoms with van der Waals surface area (Å²) in [6.45, 7) is 3.89. The van der Waals surface area contributed by atoms with Gasteiger partial charge < -0.3 is 10.1 Å². The third-order valence-corrected chi connectivity index (χ3v) is 4.03. The van der Waals surface area contributed by atoms with Gasteiger partial charge in [0.15, 0.2) is 5.75 Å². The summed E-state index contributed by atoms with van der Waals surface area (Å²) in [5, 5.41) is 4.02. The summed E-state index contributed by atoms with van der Waals surface area (Å²) in [7, 11) is 0. The molecule has 0 unspecified atom stereocenters. The van der Waals surface area contributed by atoms with Crippen LogP contribution in [0.1, 0.15) is 18.9 Å². The van der Waals surface area contributed by atoms with Crippen molar-refractivity contribution >= 4 is 34.2 Å². The van der Waals surface area contributed by atoms with Gasteiger partial charge in [0.25, 0.3) is 0 Å². The van der Waals surface area contributed by atoms with Crippen LogP contribution < -0.4 is 10.1 Å². The van der Waals surface area contributed by atoms with E-state index in [1.54, 1.807) is 0 Å². The first-order valence-electron chi connectivity index (χ1n) is 6.63. The minimum Gasteiger partial charge on any atom is -0.454 e. The average molecular weight is 402 g/mol. The Kier molecular flexibility index (Phi) is 6.13. The molecule has 20 heavy (non-hydrogen) atoms. The zero-order valence-corrected chi connectivity index (χ0v) is 14.2. The lowest BCUT2D eigenvalue weighted by molar-refractivity contribution is 0.469. The molecule has 0 atom stereocenters. The number of para-hydroxylation sites is 2. The van der Waals surface area contributed by atoms with Crippen molar-refractivity contribution < 1.29 is 4.74 Å².